The van der Waals surface area contributed by atoms with Crippen LogP contribution in [0, 0.1) is 0 Å². The zero-order valence-electron chi connectivity index (χ0n) is 13.9. The quantitative estimate of drug-likeness (QED) is 0.393. The van der Waals surface area contributed by atoms with Crippen molar-refractivity contribution in [3.8, 4) is 0 Å². The first-order valence-corrected chi connectivity index (χ1v) is 7.67. The molecule has 0 aliphatic heterocycles. The highest BCUT2D eigenvalue weighted by molar-refractivity contribution is 6.04. The van der Waals surface area contributed by atoms with Gasteiger partial charge in [0.1, 0.15) is 0 Å². The molecule has 0 fully saturated rings. The number of hydrogen-bond acceptors (Lipinski definition) is 1. The third-order valence-electron chi connectivity index (χ3n) is 3.69. The van der Waals surface area contributed by atoms with Gasteiger partial charge in [0.05, 0.1) is 6.54 Å². The van der Waals surface area contributed by atoms with E-state index in [2.05, 4.69) is 74.0 Å². The summed E-state index contributed by atoms with van der Waals surface area (Å²) in [5, 5.41) is 0. The molecule has 1 nitrogen and oxygen atoms in total. The van der Waals surface area contributed by atoms with Crippen molar-refractivity contribution in [3.63, 3.8) is 0 Å². The summed E-state index contributed by atoms with van der Waals surface area (Å²) in [4.78, 5) is 4.65. The average molecular weight is 289 g/mol. The van der Waals surface area contributed by atoms with Gasteiger partial charge in [-0.1, -0.05) is 48.6 Å². The molecule has 0 saturated heterocycles. The predicted octanol–water partition coefficient (Wildman–Crippen LogP) is 5.52. The molecule has 0 atom stereocenters. The van der Waals surface area contributed by atoms with Crippen LogP contribution in [0.2, 0.25) is 0 Å². The first-order valence-electron chi connectivity index (χ1n) is 7.67. The average Bonchev–Trinajstić information content (AvgIpc) is 2.69. The predicted molar refractivity (Wildman–Crippen MR) is 97.3 cm³/mol. The van der Waals surface area contributed by atoms with Crippen LogP contribution in [-0.4, -0.2) is 12.3 Å². The summed E-state index contributed by atoms with van der Waals surface area (Å²) in [5.74, 6) is 0. The van der Waals surface area contributed by atoms with Gasteiger partial charge >= 0.3 is 0 Å². The lowest BCUT2D eigenvalue weighted by molar-refractivity contribution is 1.23. The summed E-state index contributed by atoms with van der Waals surface area (Å²) in [7, 11) is 0. The third kappa shape index (κ3) is 3.84. The SMILES string of the molecule is C/C=C\C/N=C(\C)c1ccccc1C1=C=CC(C)=CC=C1C. The van der Waals surface area contributed by atoms with E-state index >= 15 is 0 Å². The van der Waals surface area contributed by atoms with Crippen molar-refractivity contribution < 1.29 is 0 Å². The minimum atomic E-state index is 0.723. The van der Waals surface area contributed by atoms with E-state index in [1.807, 2.05) is 19.1 Å². The summed E-state index contributed by atoms with van der Waals surface area (Å²) in [6, 6.07) is 8.43. The minimum absolute atomic E-state index is 0.723. The van der Waals surface area contributed by atoms with E-state index in [1.54, 1.807) is 0 Å². The van der Waals surface area contributed by atoms with Gasteiger partial charge in [-0.3, -0.25) is 4.99 Å². The highest BCUT2D eigenvalue weighted by Gasteiger charge is 2.11. The Balaban J connectivity index is 2.50. The molecule has 0 aromatic heterocycles. The van der Waals surface area contributed by atoms with Crippen LogP contribution in [0.1, 0.15) is 38.8 Å². The van der Waals surface area contributed by atoms with Gasteiger partial charge in [0.2, 0.25) is 0 Å². The Labute approximate surface area is 133 Å². The van der Waals surface area contributed by atoms with E-state index in [4.69, 9.17) is 0 Å². The second kappa shape index (κ2) is 7.59. The molecule has 0 unspecified atom stereocenters. The van der Waals surface area contributed by atoms with Crippen LogP contribution in [0.4, 0.5) is 0 Å². The largest absolute Gasteiger partial charge is 0.285 e. The Morgan fingerprint density at radius 3 is 2.73 bits per heavy atom. The van der Waals surface area contributed by atoms with E-state index in [9.17, 15) is 0 Å². The number of allylic oxidation sites excluding steroid dienone is 6. The maximum atomic E-state index is 4.65. The van der Waals surface area contributed by atoms with Crippen LogP contribution in [-0.2, 0) is 0 Å². The lowest BCUT2D eigenvalue weighted by Crippen LogP contribution is -2.01. The zero-order chi connectivity index (χ0) is 15.9. The van der Waals surface area contributed by atoms with Gasteiger partial charge in [-0.25, -0.2) is 0 Å². The molecular formula is C21H23N. The van der Waals surface area contributed by atoms with Crippen molar-refractivity contribution >= 4 is 11.3 Å². The van der Waals surface area contributed by atoms with Gasteiger partial charge in [0.15, 0.2) is 0 Å². The highest BCUT2D eigenvalue weighted by atomic mass is 14.7. The van der Waals surface area contributed by atoms with E-state index in [0.29, 0.717) is 0 Å². The van der Waals surface area contributed by atoms with Crippen LogP contribution in [0.5, 0.6) is 0 Å². The summed E-state index contributed by atoms with van der Waals surface area (Å²) >= 11 is 0. The van der Waals surface area contributed by atoms with Gasteiger partial charge in [-0.05, 0) is 50.5 Å². The molecule has 112 valence electrons. The molecule has 22 heavy (non-hydrogen) atoms. The van der Waals surface area contributed by atoms with Gasteiger partial charge < -0.3 is 0 Å². The summed E-state index contributed by atoms with van der Waals surface area (Å²) < 4.78 is 0. The van der Waals surface area contributed by atoms with Crippen molar-refractivity contribution in [1.29, 1.82) is 0 Å². The maximum Gasteiger partial charge on any atom is 0.0573 e. The van der Waals surface area contributed by atoms with Crippen LogP contribution < -0.4 is 0 Å². The Bertz CT molecular complexity index is 733. The second-order valence-corrected chi connectivity index (χ2v) is 5.46. The van der Waals surface area contributed by atoms with E-state index in [0.717, 1.165) is 17.8 Å². The molecule has 1 aromatic rings. The van der Waals surface area contributed by atoms with Crippen molar-refractivity contribution in [2.75, 3.05) is 6.54 Å². The highest BCUT2D eigenvalue weighted by Crippen LogP contribution is 2.27. The molecule has 0 heterocycles. The number of rotatable bonds is 4. The van der Waals surface area contributed by atoms with Gasteiger partial charge in [-0.15, -0.1) is 5.73 Å². The maximum absolute atomic E-state index is 4.65. The second-order valence-electron chi connectivity index (χ2n) is 5.46. The lowest BCUT2D eigenvalue weighted by Gasteiger charge is -2.11. The molecule has 1 aromatic carbocycles. The van der Waals surface area contributed by atoms with Crippen molar-refractivity contribution in [2.24, 2.45) is 4.99 Å². The topological polar surface area (TPSA) is 12.4 Å². The van der Waals surface area contributed by atoms with Gasteiger partial charge in [-0.2, -0.15) is 0 Å². The molecule has 0 saturated carbocycles. The Morgan fingerprint density at radius 2 is 1.95 bits per heavy atom. The molecule has 0 N–H and O–H groups in total. The molecule has 1 aliphatic rings. The number of nitrogens with zero attached hydrogens (tertiary/aromatic N) is 1. The van der Waals surface area contributed by atoms with E-state index < -0.39 is 0 Å². The fraction of sp³-hybridized carbons (Fsp3) is 0.238. The first-order chi connectivity index (χ1) is 10.6. The van der Waals surface area contributed by atoms with Crippen LogP contribution >= 0.6 is 0 Å². The van der Waals surface area contributed by atoms with Crippen molar-refractivity contribution in [1.82, 2.24) is 0 Å². The van der Waals surface area contributed by atoms with E-state index in [1.165, 1.54) is 22.3 Å². The number of hydrogen-bond donors (Lipinski definition) is 0. The molecule has 0 bridgehead atoms. The number of benzene rings is 1. The smallest absolute Gasteiger partial charge is 0.0573 e. The van der Waals surface area contributed by atoms with Gasteiger partial charge in [0.25, 0.3) is 0 Å². The molecule has 0 spiro atoms. The summed E-state index contributed by atoms with van der Waals surface area (Å²) in [6.07, 6.45) is 10.4. The van der Waals surface area contributed by atoms with Crippen molar-refractivity contribution in [2.45, 2.75) is 27.7 Å². The fourth-order valence-corrected chi connectivity index (χ4v) is 2.37. The van der Waals surface area contributed by atoms with Crippen LogP contribution in [0.25, 0.3) is 5.57 Å². The molecular weight excluding hydrogens is 266 g/mol. The molecule has 1 heteroatoms. The standard InChI is InChI=1S/C21H23N/c1-5-6-15-22-18(4)20-9-7-8-10-21(20)19-14-12-16(2)11-13-17(19)3/h5-13H,15H2,1-4H3/b6-5-,22-18+. The Hall–Kier alpha value is -2.37. The van der Waals surface area contributed by atoms with Crippen molar-refractivity contribution in [3.05, 3.63) is 82.6 Å². The van der Waals surface area contributed by atoms with Crippen LogP contribution in [0.3, 0.4) is 0 Å². The lowest BCUT2D eigenvalue weighted by atomic mass is 9.93. The van der Waals surface area contributed by atoms with E-state index in [-0.39, 0.29) is 0 Å². The van der Waals surface area contributed by atoms with Gasteiger partial charge in [0, 0.05) is 16.8 Å². The fourth-order valence-electron chi connectivity index (χ4n) is 2.37. The minimum Gasteiger partial charge on any atom is -0.285 e. The van der Waals surface area contributed by atoms with Crippen LogP contribution in [0.15, 0.2) is 76.5 Å². The Kier molecular flexibility index (Phi) is 5.52. The molecule has 0 amide bonds. The summed E-state index contributed by atoms with van der Waals surface area (Å²) in [6.45, 7) is 9.04. The normalized spacial score (nSPS) is 15.5. The molecule has 2 rings (SSSR count). The monoisotopic (exact) mass is 289 g/mol. The molecule has 1 aliphatic carbocycles. The Morgan fingerprint density at radius 1 is 1.18 bits per heavy atom. The third-order valence-corrected chi connectivity index (χ3v) is 3.69. The number of aliphatic imine (C=N–C) groups is 1. The summed E-state index contributed by atoms with van der Waals surface area (Å²) in [5.41, 5.74) is 10.5. The zero-order valence-corrected chi connectivity index (χ0v) is 13.9. The molecule has 0 radical (unpaired) electrons. The first kappa shape index (κ1) is 16.0.